The second-order valence-electron chi connectivity index (χ2n) is 7.02. The van der Waals surface area contributed by atoms with Gasteiger partial charge in [-0.3, -0.25) is 9.59 Å². The Hall–Kier alpha value is -3.47. The molecular weight excluding hydrogens is 379 g/mol. The van der Waals surface area contributed by atoms with Gasteiger partial charge in [-0.25, -0.2) is 4.39 Å². The minimum atomic E-state index is -0.785. The topological polar surface area (TPSA) is 49.4 Å². The Kier molecular flexibility index (Phi) is 7.33. The molecule has 1 atom stereocenters. The average molecular weight is 404 g/mol. The van der Waals surface area contributed by atoms with Gasteiger partial charge in [0, 0.05) is 13.1 Å². The van der Waals surface area contributed by atoms with Crippen molar-refractivity contribution in [1.82, 2.24) is 10.2 Å². The molecule has 0 aromatic heterocycles. The molecule has 3 aromatic carbocycles. The number of nitrogens with one attached hydrogen (secondary N) is 1. The second-order valence-corrected chi connectivity index (χ2v) is 7.02. The maximum Gasteiger partial charge on any atom is 0.247 e. The van der Waals surface area contributed by atoms with Crippen LogP contribution in [-0.2, 0) is 22.6 Å². The molecule has 0 fully saturated rings. The van der Waals surface area contributed by atoms with E-state index in [4.69, 9.17) is 0 Å². The van der Waals surface area contributed by atoms with E-state index in [0.717, 1.165) is 16.7 Å². The van der Waals surface area contributed by atoms with Gasteiger partial charge in [0.05, 0.1) is 6.42 Å². The molecule has 2 amide bonds. The maximum atomic E-state index is 13.4. The minimum absolute atomic E-state index is 0.171. The predicted molar refractivity (Wildman–Crippen MR) is 115 cm³/mol. The molecule has 0 aliphatic carbocycles. The molecule has 0 unspecified atom stereocenters. The van der Waals surface area contributed by atoms with E-state index in [9.17, 15) is 14.0 Å². The third kappa shape index (κ3) is 5.54. The first kappa shape index (κ1) is 21.2. The van der Waals surface area contributed by atoms with E-state index >= 15 is 0 Å². The lowest BCUT2D eigenvalue weighted by Crippen LogP contribution is -2.44. The van der Waals surface area contributed by atoms with Crippen molar-refractivity contribution in [1.29, 1.82) is 0 Å². The molecule has 0 spiro atoms. The van der Waals surface area contributed by atoms with E-state index < -0.39 is 6.04 Å². The van der Waals surface area contributed by atoms with Crippen LogP contribution >= 0.6 is 0 Å². The van der Waals surface area contributed by atoms with Crippen molar-refractivity contribution in [2.24, 2.45) is 0 Å². The van der Waals surface area contributed by atoms with Crippen molar-refractivity contribution in [3.63, 3.8) is 0 Å². The van der Waals surface area contributed by atoms with Gasteiger partial charge in [-0.15, -0.1) is 0 Å². The van der Waals surface area contributed by atoms with Gasteiger partial charge in [0.25, 0.3) is 0 Å². The summed E-state index contributed by atoms with van der Waals surface area (Å²) in [4.78, 5) is 28.0. The van der Waals surface area contributed by atoms with Crippen molar-refractivity contribution in [2.45, 2.75) is 25.9 Å². The fourth-order valence-electron chi connectivity index (χ4n) is 3.36. The highest BCUT2D eigenvalue weighted by Crippen LogP contribution is 2.25. The van der Waals surface area contributed by atoms with Gasteiger partial charge >= 0.3 is 0 Å². The minimum Gasteiger partial charge on any atom is -0.354 e. The van der Waals surface area contributed by atoms with Crippen LogP contribution in [0.1, 0.15) is 29.7 Å². The van der Waals surface area contributed by atoms with Crippen LogP contribution in [0.3, 0.4) is 0 Å². The number of nitrogens with zero attached hydrogens (tertiary/aromatic N) is 1. The van der Waals surface area contributed by atoms with Crippen LogP contribution < -0.4 is 5.32 Å². The summed E-state index contributed by atoms with van der Waals surface area (Å²) in [6.07, 6.45) is 0.171. The van der Waals surface area contributed by atoms with Gasteiger partial charge in [-0.1, -0.05) is 72.8 Å². The summed E-state index contributed by atoms with van der Waals surface area (Å²) in [7, 11) is 0. The third-order valence-corrected chi connectivity index (χ3v) is 4.81. The smallest absolute Gasteiger partial charge is 0.247 e. The van der Waals surface area contributed by atoms with Crippen LogP contribution in [-0.4, -0.2) is 23.3 Å². The molecule has 1 N–H and O–H groups in total. The van der Waals surface area contributed by atoms with Crippen LogP contribution in [0.4, 0.5) is 4.39 Å². The van der Waals surface area contributed by atoms with E-state index in [1.807, 2.05) is 67.6 Å². The molecule has 0 aliphatic rings. The SMILES string of the molecule is CCNC(=O)[C@@H](c1ccccc1)N(Cc1ccc(F)cc1)C(=O)Cc1ccccc1. The van der Waals surface area contributed by atoms with E-state index in [0.29, 0.717) is 6.54 Å². The fraction of sp³-hybridized carbons (Fsp3) is 0.200. The Morgan fingerprint density at radius 1 is 0.867 bits per heavy atom. The molecule has 0 bridgehead atoms. The van der Waals surface area contributed by atoms with Gasteiger partial charge in [0.2, 0.25) is 11.8 Å². The first-order valence-electron chi connectivity index (χ1n) is 9.99. The van der Waals surface area contributed by atoms with Gasteiger partial charge in [-0.2, -0.15) is 0 Å². The van der Waals surface area contributed by atoms with Crippen LogP contribution in [0.2, 0.25) is 0 Å². The largest absolute Gasteiger partial charge is 0.354 e. The molecule has 0 saturated carbocycles. The maximum absolute atomic E-state index is 13.4. The van der Waals surface area contributed by atoms with Crippen molar-refractivity contribution >= 4 is 11.8 Å². The lowest BCUT2D eigenvalue weighted by atomic mass is 10.0. The summed E-state index contributed by atoms with van der Waals surface area (Å²) in [5, 5.41) is 2.85. The van der Waals surface area contributed by atoms with E-state index in [2.05, 4.69) is 5.32 Å². The van der Waals surface area contributed by atoms with Gasteiger partial charge in [0.1, 0.15) is 11.9 Å². The summed E-state index contributed by atoms with van der Waals surface area (Å²) in [6, 6.07) is 23.9. The molecule has 0 radical (unpaired) electrons. The summed E-state index contributed by atoms with van der Waals surface area (Å²) in [5.74, 6) is -0.762. The monoisotopic (exact) mass is 404 g/mol. The Morgan fingerprint density at radius 3 is 2.07 bits per heavy atom. The number of halogens is 1. The summed E-state index contributed by atoms with van der Waals surface area (Å²) in [6.45, 7) is 2.50. The summed E-state index contributed by atoms with van der Waals surface area (Å²) >= 11 is 0. The number of hydrogen-bond donors (Lipinski definition) is 1. The summed E-state index contributed by atoms with van der Waals surface area (Å²) in [5.41, 5.74) is 2.35. The molecule has 30 heavy (non-hydrogen) atoms. The molecule has 3 aromatic rings. The first-order chi connectivity index (χ1) is 14.6. The number of benzene rings is 3. The highest BCUT2D eigenvalue weighted by molar-refractivity contribution is 5.89. The molecule has 0 aliphatic heterocycles. The van der Waals surface area contributed by atoms with Crippen LogP contribution in [0.15, 0.2) is 84.9 Å². The third-order valence-electron chi connectivity index (χ3n) is 4.81. The van der Waals surface area contributed by atoms with Gasteiger partial charge in [-0.05, 0) is 35.7 Å². The van der Waals surface area contributed by atoms with E-state index in [-0.39, 0.29) is 30.6 Å². The van der Waals surface area contributed by atoms with Crippen LogP contribution in [0, 0.1) is 5.82 Å². The normalized spacial score (nSPS) is 11.5. The standard InChI is InChI=1S/C25H25FN2O2/c1-2-27-25(30)24(21-11-7-4-8-12-21)28(18-20-13-15-22(26)16-14-20)23(29)17-19-9-5-3-6-10-19/h3-16,24H,2,17-18H2,1H3,(H,27,30)/t24-/m1/s1. The number of carbonyl (C=O) groups is 2. The zero-order chi connectivity index (χ0) is 21.3. The second kappa shape index (κ2) is 10.3. The number of likely N-dealkylation sites (N-methyl/N-ethyl adjacent to an activating group) is 1. The zero-order valence-corrected chi connectivity index (χ0v) is 16.9. The van der Waals surface area contributed by atoms with E-state index in [1.54, 1.807) is 17.0 Å². The lowest BCUT2D eigenvalue weighted by Gasteiger charge is -2.31. The number of rotatable bonds is 8. The Morgan fingerprint density at radius 2 is 1.47 bits per heavy atom. The number of hydrogen-bond acceptors (Lipinski definition) is 2. The van der Waals surface area contributed by atoms with E-state index in [1.165, 1.54) is 12.1 Å². The Labute approximate surface area is 176 Å². The van der Waals surface area contributed by atoms with Crippen LogP contribution in [0.25, 0.3) is 0 Å². The number of amides is 2. The highest BCUT2D eigenvalue weighted by Gasteiger charge is 2.31. The quantitative estimate of drug-likeness (QED) is 0.609. The molecule has 3 rings (SSSR count). The average Bonchev–Trinajstić information content (AvgIpc) is 2.76. The molecule has 4 nitrogen and oxygen atoms in total. The highest BCUT2D eigenvalue weighted by atomic mass is 19.1. The Balaban J connectivity index is 1.98. The van der Waals surface area contributed by atoms with Gasteiger partial charge < -0.3 is 10.2 Å². The van der Waals surface area contributed by atoms with Crippen molar-refractivity contribution in [3.8, 4) is 0 Å². The molecular formula is C25H25FN2O2. The molecule has 5 heteroatoms. The van der Waals surface area contributed by atoms with Gasteiger partial charge in [0.15, 0.2) is 0 Å². The molecule has 0 heterocycles. The fourth-order valence-corrected chi connectivity index (χ4v) is 3.36. The Bertz CT molecular complexity index is 959. The van der Waals surface area contributed by atoms with Crippen LogP contribution in [0.5, 0.6) is 0 Å². The molecule has 0 saturated heterocycles. The first-order valence-corrected chi connectivity index (χ1v) is 9.99. The number of carbonyl (C=O) groups excluding carboxylic acids is 2. The molecule has 154 valence electrons. The zero-order valence-electron chi connectivity index (χ0n) is 16.9. The van der Waals surface area contributed by atoms with Crippen molar-refractivity contribution in [3.05, 3.63) is 107 Å². The van der Waals surface area contributed by atoms with Crippen molar-refractivity contribution in [2.75, 3.05) is 6.54 Å². The predicted octanol–water partition coefficient (Wildman–Crippen LogP) is 4.27. The summed E-state index contributed by atoms with van der Waals surface area (Å²) < 4.78 is 13.4. The van der Waals surface area contributed by atoms with Crippen molar-refractivity contribution < 1.29 is 14.0 Å². The lowest BCUT2D eigenvalue weighted by molar-refractivity contribution is -0.141.